The van der Waals surface area contributed by atoms with E-state index in [1.165, 1.54) is 48.2 Å². The van der Waals surface area contributed by atoms with Gasteiger partial charge in [-0.15, -0.1) is 0 Å². The summed E-state index contributed by atoms with van der Waals surface area (Å²) in [6, 6.07) is 4.72. The molecule has 1 aromatic carbocycles. The summed E-state index contributed by atoms with van der Waals surface area (Å²) in [5, 5.41) is 0. The van der Waals surface area contributed by atoms with Gasteiger partial charge in [0.2, 0.25) is 0 Å². The van der Waals surface area contributed by atoms with E-state index in [2.05, 4.69) is 60.5 Å². The number of rotatable bonds is 5. The van der Waals surface area contributed by atoms with Crippen LogP contribution in [-0.4, -0.2) is 65.3 Å². The van der Waals surface area contributed by atoms with Gasteiger partial charge in [-0.05, 0) is 75.5 Å². The van der Waals surface area contributed by atoms with Gasteiger partial charge in [-0.25, -0.2) is 4.98 Å². The van der Waals surface area contributed by atoms with Gasteiger partial charge >= 0.3 is 0 Å². The highest BCUT2D eigenvalue weighted by Gasteiger charge is 2.21. The molecule has 2 aliphatic rings. The number of hydrogen-bond donors (Lipinski definition) is 0. The number of ether oxygens (including phenoxy) is 1. The zero-order valence-electron chi connectivity index (χ0n) is 18.5. The Bertz CT molecular complexity index is 822. The number of likely N-dealkylation sites (N-methyl/N-ethyl adjacent to an activating group) is 1. The molecule has 0 amide bonds. The summed E-state index contributed by atoms with van der Waals surface area (Å²) in [6.07, 6.45) is 6.88. The third-order valence-corrected chi connectivity index (χ3v) is 6.65. The second-order valence-corrected chi connectivity index (χ2v) is 9.21. The Labute approximate surface area is 175 Å². The number of piperidine rings is 1. The van der Waals surface area contributed by atoms with Crippen LogP contribution in [0.3, 0.4) is 0 Å². The molecular weight excluding hydrogens is 360 g/mol. The summed E-state index contributed by atoms with van der Waals surface area (Å²) in [6.45, 7) is 14.0. The first kappa shape index (κ1) is 20.6. The predicted octanol–water partition coefficient (Wildman–Crippen LogP) is 3.73. The molecule has 1 atom stereocenters. The fourth-order valence-corrected chi connectivity index (χ4v) is 4.67. The maximum atomic E-state index is 6.00. The Morgan fingerprint density at radius 2 is 1.90 bits per heavy atom. The molecule has 0 bridgehead atoms. The van der Waals surface area contributed by atoms with E-state index in [-0.39, 0.29) is 6.10 Å². The number of imidazole rings is 1. The zero-order chi connectivity index (χ0) is 20.4. The Kier molecular flexibility index (Phi) is 6.38. The molecule has 0 aliphatic carbocycles. The average molecular weight is 397 g/mol. The van der Waals surface area contributed by atoms with E-state index in [1.54, 1.807) is 0 Å². The van der Waals surface area contributed by atoms with Crippen LogP contribution < -0.4 is 0 Å². The normalized spacial score (nSPS) is 22.3. The van der Waals surface area contributed by atoms with Crippen molar-refractivity contribution in [1.29, 1.82) is 0 Å². The van der Waals surface area contributed by atoms with Crippen LogP contribution in [0.25, 0.3) is 11.4 Å². The van der Waals surface area contributed by atoms with Crippen molar-refractivity contribution in [3.8, 4) is 11.4 Å². The van der Waals surface area contributed by atoms with E-state index in [0.717, 1.165) is 44.5 Å². The van der Waals surface area contributed by atoms with Crippen LogP contribution in [0.5, 0.6) is 0 Å². The van der Waals surface area contributed by atoms with E-state index in [9.17, 15) is 0 Å². The van der Waals surface area contributed by atoms with Gasteiger partial charge in [0, 0.05) is 37.6 Å². The lowest BCUT2D eigenvalue weighted by Crippen LogP contribution is -2.41. The lowest BCUT2D eigenvalue weighted by molar-refractivity contribution is -0.0272. The topological polar surface area (TPSA) is 33.5 Å². The molecule has 3 heterocycles. The van der Waals surface area contributed by atoms with Gasteiger partial charge in [0.1, 0.15) is 5.82 Å². The van der Waals surface area contributed by atoms with Crippen LogP contribution >= 0.6 is 0 Å². The Morgan fingerprint density at radius 3 is 2.66 bits per heavy atom. The SMILES string of the molecule is Cc1cc(C)c(-c2nccn2CC2CN(C)CCO2)cc1CN1CCC(C)CC1. The summed E-state index contributed by atoms with van der Waals surface area (Å²) in [7, 11) is 2.17. The number of aryl methyl sites for hydroxylation is 2. The van der Waals surface area contributed by atoms with Crippen LogP contribution in [0.4, 0.5) is 0 Å². The Morgan fingerprint density at radius 1 is 1.10 bits per heavy atom. The summed E-state index contributed by atoms with van der Waals surface area (Å²) >= 11 is 0. The lowest BCUT2D eigenvalue weighted by atomic mass is 9.96. The molecule has 2 saturated heterocycles. The molecule has 0 radical (unpaired) electrons. The van der Waals surface area contributed by atoms with E-state index in [0.29, 0.717) is 0 Å². The first-order chi connectivity index (χ1) is 14.0. The van der Waals surface area contributed by atoms with Gasteiger partial charge in [-0.1, -0.05) is 13.0 Å². The lowest BCUT2D eigenvalue weighted by Gasteiger charge is -2.31. The average Bonchev–Trinajstić information content (AvgIpc) is 3.13. The first-order valence-electron chi connectivity index (χ1n) is 11.1. The van der Waals surface area contributed by atoms with Gasteiger partial charge in [0.25, 0.3) is 0 Å². The summed E-state index contributed by atoms with van der Waals surface area (Å²) in [5.41, 5.74) is 5.38. The number of aromatic nitrogens is 2. The summed E-state index contributed by atoms with van der Waals surface area (Å²) < 4.78 is 8.27. The highest BCUT2D eigenvalue weighted by atomic mass is 16.5. The molecule has 0 spiro atoms. The number of hydrogen-bond acceptors (Lipinski definition) is 4. The van der Waals surface area contributed by atoms with Crippen LogP contribution in [-0.2, 0) is 17.8 Å². The highest BCUT2D eigenvalue weighted by molar-refractivity contribution is 5.63. The van der Waals surface area contributed by atoms with Gasteiger partial charge in [0.05, 0.1) is 19.3 Å². The third-order valence-electron chi connectivity index (χ3n) is 6.65. The van der Waals surface area contributed by atoms with Crippen LogP contribution in [0, 0.1) is 19.8 Å². The van der Waals surface area contributed by atoms with E-state index in [1.807, 2.05) is 6.20 Å². The van der Waals surface area contributed by atoms with E-state index in [4.69, 9.17) is 9.72 Å². The van der Waals surface area contributed by atoms with Crippen LogP contribution in [0.1, 0.15) is 36.5 Å². The largest absolute Gasteiger partial charge is 0.374 e. The van der Waals surface area contributed by atoms with Gasteiger partial charge < -0.3 is 14.2 Å². The maximum Gasteiger partial charge on any atom is 0.140 e. The number of benzene rings is 1. The predicted molar refractivity (Wildman–Crippen MR) is 118 cm³/mol. The molecule has 158 valence electrons. The van der Waals surface area contributed by atoms with Gasteiger partial charge in [-0.3, -0.25) is 4.90 Å². The highest BCUT2D eigenvalue weighted by Crippen LogP contribution is 2.28. The molecule has 5 heteroatoms. The standard InChI is InChI=1S/C24H36N4O/c1-18-5-8-27(9-6-18)15-21-14-23(20(3)13-19(21)2)24-25-7-10-28(24)17-22-16-26(4)11-12-29-22/h7,10,13-14,18,22H,5-6,8-9,11-12,15-17H2,1-4H3. The molecule has 1 unspecified atom stereocenters. The van der Waals surface area contributed by atoms with Crippen molar-refractivity contribution in [3.05, 3.63) is 41.2 Å². The van der Waals surface area contributed by atoms with Crippen molar-refractivity contribution in [2.24, 2.45) is 5.92 Å². The minimum Gasteiger partial charge on any atom is -0.374 e. The molecule has 5 nitrogen and oxygen atoms in total. The molecule has 0 saturated carbocycles. The number of nitrogens with zero attached hydrogens (tertiary/aromatic N) is 4. The molecule has 29 heavy (non-hydrogen) atoms. The van der Waals surface area contributed by atoms with E-state index < -0.39 is 0 Å². The fraction of sp³-hybridized carbons (Fsp3) is 0.625. The minimum absolute atomic E-state index is 0.224. The van der Waals surface area contributed by atoms with Gasteiger partial charge in [-0.2, -0.15) is 0 Å². The van der Waals surface area contributed by atoms with Crippen molar-refractivity contribution in [3.63, 3.8) is 0 Å². The zero-order valence-corrected chi connectivity index (χ0v) is 18.5. The van der Waals surface area contributed by atoms with E-state index >= 15 is 0 Å². The molecule has 0 N–H and O–H groups in total. The monoisotopic (exact) mass is 396 g/mol. The molecule has 1 aromatic heterocycles. The first-order valence-corrected chi connectivity index (χ1v) is 11.1. The minimum atomic E-state index is 0.224. The molecule has 2 aliphatic heterocycles. The fourth-order valence-electron chi connectivity index (χ4n) is 4.67. The van der Waals surface area contributed by atoms with Crippen LogP contribution in [0.2, 0.25) is 0 Å². The second kappa shape index (κ2) is 8.99. The maximum absolute atomic E-state index is 6.00. The molecule has 2 aromatic rings. The van der Waals surface area contributed by atoms with Crippen molar-refractivity contribution >= 4 is 0 Å². The van der Waals surface area contributed by atoms with Crippen molar-refractivity contribution < 1.29 is 4.74 Å². The number of likely N-dealkylation sites (tertiary alicyclic amines) is 1. The quantitative estimate of drug-likeness (QED) is 0.771. The molecule has 2 fully saturated rings. The summed E-state index contributed by atoms with van der Waals surface area (Å²) in [4.78, 5) is 9.70. The van der Waals surface area contributed by atoms with Crippen molar-refractivity contribution in [1.82, 2.24) is 19.4 Å². The van der Waals surface area contributed by atoms with Gasteiger partial charge in [0.15, 0.2) is 0 Å². The third kappa shape index (κ3) is 4.90. The second-order valence-electron chi connectivity index (χ2n) is 9.21. The number of morpholine rings is 1. The molecule has 4 rings (SSSR count). The van der Waals surface area contributed by atoms with Crippen molar-refractivity contribution in [2.75, 3.05) is 39.8 Å². The Hall–Kier alpha value is -1.69. The smallest absolute Gasteiger partial charge is 0.140 e. The van der Waals surface area contributed by atoms with Crippen molar-refractivity contribution in [2.45, 2.75) is 52.8 Å². The molecular formula is C24H36N4O. The summed E-state index contributed by atoms with van der Waals surface area (Å²) in [5.74, 6) is 1.93. The van der Waals surface area contributed by atoms with Crippen LogP contribution in [0.15, 0.2) is 24.5 Å². The Balaban J connectivity index is 1.55.